The van der Waals surface area contributed by atoms with E-state index in [9.17, 15) is 5.11 Å². The van der Waals surface area contributed by atoms with Gasteiger partial charge in [-0.2, -0.15) is 0 Å². The van der Waals surface area contributed by atoms with Gasteiger partial charge in [0.05, 0.1) is 6.10 Å². The second kappa shape index (κ2) is 9.07. The van der Waals surface area contributed by atoms with E-state index in [-0.39, 0.29) is 24.6 Å². The molecule has 2 aromatic rings. The zero-order chi connectivity index (χ0) is 16.1. The normalized spacial score (nSPS) is 19.8. The quantitative estimate of drug-likeness (QED) is 0.842. The first-order valence-electron chi connectivity index (χ1n) is 8.38. The van der Waals surface area contributed by atoms with Crippen molar-refractivity contribution in [3.05, 3.63) is 65.2 Å². The number of aryl methyl sites for hydroxylation is 3. The predicted octanol–water partition coefficient (Wildman–Crippen LogP) is 3.30. The van der Waals surface area contributed by atoms with Gasteiger partial charge >= 0.3 is 0 Å². The molecule has 4 heteroatoms. The zero-order valence-electron chi connectivity index (χ0n) is 14.1. The maximum Gasteiger partial charge on any atom is 0.122 e. The smallest absolute Gasteiger partial charge is 0.122 e. The van der Waals surface area contributed by atoms with E-state index in [1.165, 1.54) is 16.7 Å². The Kier molecular flexibility index (Phi) is 7.10. The van der Waals surface area contributed by atoms with Gasteiger partial charge in [-0.25, -0.2) is 0 Å². The zero-order valence-corrected chi connectivity index (χ0v) is 14.9. The Hall–Kier alpha value is -1.55. The number of aliphatic hydroxyl groups excluding tert-OH is 1. The topological polar surface area (TPSA) is 41.5 Å². The molecule has 0 aliphatic carbocycles. The van der Waals surface area contributed by atoms with Crippen molar-refractivity contribution in [2.24, 2.45) is 0 Å². The van der Waals surface area contributed by atoms with Gasteiger partial charge in [0.1, 0.15) is 12.4 Å². The fourth-order valence-electron chi connectivity index (χ4n) is 3.11. The van der Waals surface area contributed by atoms with Gasteiger partial charge in [0.25, 0.3) is 0 Å². The van der Waals surface area contributed by atoms with E-state index >= 15 is 0 Å². The molecule has 2 aromatic carbocycles. The molecule has 2 N–H and O–H groups in total. The number of nitrogens with one attached hydrogen (secondary N) is 1. The molecule has 0 amide bonds. The molecule has 3 nitrogen and oxygen atoms in total. The molecule has 1 heterocycles. The molecule has 0 radical (unpaired) electrons. The Morgan fingerprint density at radius 2 is 1.96 bits per heavy atom. The molecular weight excluding hydrogens is 322 g/mol. The number of aliphatic hydroxyl groups is 1. The fourth-order valence-corrected chi connectivity index (χ4v) is 3.11. The van der Waals surface area contributed by atoms with Gasteiger partial charge in [0.15, 0.2) is 0 Å². The Balaban J connectivity index is 0.00000208. The van der Waals surface area contributed by atoms with Crippen LogP contribution < -0.4 is 10.1 Å². The van der Waals surface area contributed by atoms with Crippen LogP contribution in [0.4, 0.5) is 0 Å². The molecule has 130 valence electrons. The first-order chi connectivity index (χ1) is 11.2. The Morgan fingerprint density at radius 3 is 2.71 bits per heavy atom. The van der Waals surface area contributed by atoms with Crippen LogP contribution in [0.2, 0.25) is 0 Å². The van der Waals surface area contributed by atoms with Crippen LogP contribution in [-0.4, -0.2) is 30.4 Å². The van der Waals surface area contributed by atoms with E-state index in [1.807, 2.05) is 12.1 Å². The average Bonchev–Trinajstić information content (AvgIpc) is 2.97. The third-order valence-electron chi connectivity index (χ3n) is 4.38. The van der Waals surface area contributed by atoms with Crippen molar-refractivity contribution in [1.82, 2.24) is 5.32 Å². The maximum atomic E-state index is 9.57. The number of hydrogen-bond donors (Lipinski definition) is 2. The first kappa shape index (κ1) is 18.8. The average molecular weight is 348 g/mol. The summed E-state index contributed by atoms with van der Waals surface area (Å²) in [5.74, 6) is 0.961. The van der Waals surface area contributed by atoms with Gasteiger partial charge in [-0.15, -0.1) is 12.4 Å². The third kappa shape index (κ3) is 5.23. The largest absolute Gasteiger partial charge is 0.492 e. The van der Waals surface area contributed by atoms with Gasteiger partial charge in [-0.05, 0) is 43.4 Å². The fraction of sp³-hybridized carbons (Fsp3) is 0.400. The van der Waals surface area contributed by atoms with Gasteiger partial charge in [-0.3, -0.25) is 0 Å². The molecule has 3 rings (SSSR count). The Morgan fingerprint density at radius 1 is 1.12 bits per heavy atom. The molecule has 24 heavy (non-hydrogen) atoms. The van der Waals surface area contributed by atoms with Crippen molar-refractivity contribution in [3.63, 3.8) is 0 Å². The summed E-state index contributed by atoms with van der Waals surface area (Å²) in [6, 6.07) is 17.2. The molecule has 1 aliphatic heterocycles. The minimum atomic E-state index is -0.236. The molecule has 0 aromatic heterocycles. The van der Waals surface area contributed by atoms with E-state index < -0.39 is 0 Å². The van der Waals surface area contributed by atoms with Crippen molar-refractivity contribution in [2.45, 2.75) is 38.3 Å². The molecule has 1 fully saturated rings. The highest BCUT2D eigenvalue weighted by Crippen LogP contribution is 2.21. The van der Waals surface area contributed by atoms with E-state index in [4.69, 9.17) is 4.74 Å². The molecule has 1 saturated heterocycles. The summed E-state index contributed by atoms with van der Waals surface area (Å²) >= 11 is 0. The molecule has 2 atom stereocenters. The Labute approximate surface area is 150 Å². The van der Waals surface area contributed by atoms with E-state index in [0.29, 0.717) is 13.2 Å². The minimum absolute atomic E-state index is 0. The number of halogens is 1. The monoisotopic (exact) mass is 347 g/mol. The lowest BCUT2D eigenvalue weighted by Crippen LogP contribution is -2.28. The SMILES string of the molecule is Cc1cccc(CCc2ccccc2OCC2C[C@@H](O)CN2)c1.Cl. The van der Waals surface area contributed by atoms with E-state index in [2.05, 4.69) is 48.6 Å². The van der Waals surface area contributed by atoms with Crippen LogP contribution in [0, 0.1) is 6.92 Å². The summed E-state index contributed by atoms with van der Waals surface area (Å²) in [5.41, 5.74) is 3.91. The van der Waals surface area contributed by atoms with Crippen LogP contribution >= 0.6 is 12.4 Å². The van der Waals surface area contributed by atoms with Crippen LogP contribution in [0.25, 0.3) is 0 Å². The summed E-state index contributed by atoms with van der Waals surface area (Å²) < 4.78 is 6.01. The summed E-state index contributed by atoms with van der Waals surface area (Å²) in [6.45, 7) is 3.41. The molecule has 0 saturated carbocycles. The standard InChI is InChI=1S/C20H25NO2.ClH/c1-15-5-4-6-16(11-15)9-10-17-7-2-3-8-20(17)23-14-18-12-19(22)13-21-18;/h2-8,11,18-19,21-22H,9-10,12-14H2,1H3;1H/t18?,19-;/m1./s1. The summed E-state index contributed by atoms with van der Waals surface area (Å²) in [7, 11) is 0. The van der Waals surface area contributed by atoms with Gasteiger partial charge in [0, 0.05) is 12.6 Å². The number of benzene rings is 2. The van der Waals surface area contributed by atoms with Gasteiger partial charge in [-0.1, -0.05) is 48.0 Å². The minimum Gasteiger partial charge on any atom is -0.492 e. The number of rotatable bonds is 6. The third-order valence-corrected chi connectivity index (χ3v) is 4.38. The lowest BCUT2D eigenvalue weighted by atomic mass is 10.0. The highest BCUT2D eigenvalue weighted by Gasteiger charge is 2.22. The van der Waals surface area contributed by atoms with Gasteiger partial charge < -0.3 is 15.2 Å². The molecule has 0 bridgehead atoms. The van der Waals surface area contributed by atoms with Crippen molar-refractivity contribution >= 4 is 12.4 Å². The molecular formula is C20H26ClNO2. The van der Waals surface area contributed by atoms with Gasteiger partial charge in [0.2, 0.25) is 0 Å². The van der Waals surface area contributed by atoms with Crippen molar-refractivity contribution in [2.75, 3.05) is 13.2 Å². The highest BCUT2D eigenvalue weighted by molar-refractivity contribution is 5.85. The summed E-state index contributed by atoms with van der Waals surface area (Å²) in [6.07, 6.45) is 2.52. The lowest BCUT2D eigenvalue weighted by Gasteiger charge is -2.15. The maximum absolute atomic E-state index is 9.57. The second-order valence-corrected chi connectivity index (χ2v) is 6.40. The summed E-state index contributed by atoms with van der Waals surface area (Å²) in [4.78, 5) is 0. The van der Waals surface area contributed by atoms with Crippen LogP contribution in [0.3, 0.4) is 0 Å². The van der Waals surface area contributed by atoms with Crippen molar-refractivity contribution in [3.8, 4) is 5.75 Å². The van der Waals surface area contributed by atoms with E-state index in [1.54, 1.807) is 0 Å². The predicted molar refractivity (Wildman–Crippen MR) is 100 cm³/mol. The van der Waals surface area contributed by atoms with Crippen molar-refractivity contribution in [1.29, 1.82) is 0 Å². The second-order valence-electron chi connectivity index (χ2n) is 6.40. The van der Waals surface area contributed by atoms with E-state index in [0.717, 1.165) is 25.0 Å². The van der Waals surface area contributed by atoms with Crippen LogP contribution in [-0.2, 0) is 12.8 Å². The number of β-amino-alcohol motifs (C(OH)–C–C–N with tert-alkyl or cyclic N) is 1. The lowest BCUT2D eigenvalue weighted by molar-refractivity contribution is 0.187. The molecule has 1 aliphatic rings. The summed E-state index contributed by atoms with van der Waals surface area (Å²) in [5, 5.41) is 12.9. The number of ether oxygens (including phenoxy) is 1. The molecule has 0 spiro atoms. The van der Waals surface area contributed by atoms with Crippen LogP contribution in [0.1, 0.15) is 23.1 Å². The highest BCUT2D eigenvalue weighted by atomic mass is 35.5. The van der Waals surface area contributed by atoms with Crippen molar-refractivity contribution < 1.29 is 9.84 Å². The number of para-hydroxylation sites is 1. The first-order valence-corrected chi connectivity index (χ1v) is 8.38. The van der Waals surface area contributed by atoms with Crippen LogP contribution in [0.5, 0.6) is 5.75 Å². The van der Waals surface area contributed by atoms with Crippen LogP contribution in [0.15, 0.2) is 48.5 Å². The number of hydrogen-bond acceptors (Lipinski definition) is 3. The molecule has 1 unspecified atom stereocenters. The Bertz CT molecular complexity index is 647.